The summed E-state index contributed by atoms with van der Waals surface area (Å²) < 4.78 is 19.3. The first-order valence-electron chi connectivity index (χ1n) is 8.72. The van der Waals surface area contributed by atoms with Crippen molar-refractivity contribution in [3.8, 4) is 5.69 Å². The molecule has 0 aliphatic carbocycles. The highest BCUT2D eigenvalue weighted by Gasteiger charge is 2.16. The van der Waals surface area contributed by atoms with Crippen LogP contribution >= 0.6 is 0 Å². The number of esters is 1. The van der Waals surface area contributed by atoms with Gasteiger partial charge in [0, 0.05) is 12.7 Å². The Morgan fingerprint density at radius 3 is 2.43 bits per heavy atom. The Hall–Kier alpha value is -4.15. The molecule has 1 aromatic heterocycles. The van der Waals surface area contributed by atoms with Gasteiger partial charge in [-0.05, 0) is 59.0 Å². The maximum atomic E-state index is 12.9. The average molecular weight is 412 g/mol. The second-order valence-electron chi connectivity index (χ2n) is 6.18. The lowest BCUT2D eigenvalue weighted by molar-refractivity contribution is -0.136. The summed E-state index contributed by atoms with van der Waals surface area (Å²) in [6, 6.07) is 11.5. The van der Waals surface area contributed by atoms with Gasteiger partial charge in [0.15, 0.2) is 6.61 Å². The molecule has 0 fully saturated rings. The Balaban J connectivity index is 1.46. The lowest BCUT2D eigenvalue weighted by atomic mass is 10.2. The summed E-state index contributed by atoms with van der Waals surface area (Å²) in [6.07, 6.45) is 1.41. The van der Waals surface area contributed by atoms with Crippen LogP contribution in [0.25, 0.3) is 5.69 Å². The first-order valence-corrected chi connectivity index (χ1v) is 8.72. The largest absolute Gasteiger partial charge is 0.452 e. The summed E-state index contributed by atoms with van der Waals surface area (Å²) in [5, 5.41) is 13.3. The molecule has 30 heavy (non-hydrogen) atoms. The van der Waals surface area contributed by atoms with Crippen molar-refractivity contribution in [3.05, 3.63) is 66.2 Å². The first-order chi connectivity index (χ1) is 14.4. The highest BCUT2D eigenvalue weighted by Crippen LogP contribution is 2.10. The highest BCUT2D eigenvalue weighted by molar-refractivity contribution is 5.95. The first kappa shape index (κ1) is 20.6. The van der Waals surface area contributed by atoms with Gasteiger partial charge in [-0.2, -0.15) is 0 Å². The number of hydrogen-bond donors (Lipinski definition) is 1. The van der Waals surface area contributed by atoms with E-state index in [0.717, 1.165) is 4.90 Å². The number of benzene rings is 2. The zero-order valence-corrected chi connectivity index (χ0v) is 15.9. The summed E-state index contributed by atoms with van der Waals surface area (Å²) in [7, 11) is 1.40. The van der Waals surface area contributed by atoms with E-state index in [1.807, 2.05) is 0 Å². The van der Waals surface area contributed by atoms with Gasteiger partial charge < -0.3 is 15.0 Å². The molecule has 1 heterocycles. The molecular formula is C19H17FN6O4. The molecular weight excluding hydrogens is 395 g/mol. The summed E-state index contributed by atoms with van der Waals surface area (Å²) in [5.74, 6) is -2.13. The second-order valence-corrected chi connectivity index (χ2v) is 6.18. The Kier molecular flexibility index (Phi) is 6.42. The van der Waals surface area contributed by atoms with Crippen LogP contribution in [0.5, 0.6) is 0 Å². The van der Waals surface area contributed by atoms with Crippen LogP contribution in [0.4, 0.5) is 10.1 Å². The number of nitrogens with one attached hydrogen (secondary N) is 1. The molecule has 0 aliphatic rings. The third kappa shape index (κ3) is 5.44. The van der Waals surface area contributed by atoms with Crippen LogP contribution in [0.2, 0.25) is 0 Å². The number of rotatable bonds is 7. The predicted molar refractivity (Wildman–Crippen MR) is 102 cm³/mol. The van der Waals surface area contributed by atoms with Crippen molar-refractivity contribution < 1.29 is 23.5 Å². The molecule has 0 bridgehead atoms. The number of hydrogen-bond acceptors (Lipinski definition) is 7. The van der Waals surface area contributed by atoms with Gasteiger partial charge in [-0.25, -0.2) is 13.9 Å². The Labute approximate surface area is 170 Å². The van der Waals surface area contributed by atoms with E-state index >= 15 is 0 Å². The molecule has 0 spiro atoms. The maximum absolute atomic E-state index is 12.9. The molecule has 0 radical (unpaired) electrons. The monoisotopic (exact) mass is 412 g/mol. The molecule has 10 nitrogen and oxygen atoms in total. The van der Waals surface area contributed by atoms with E-state index in [9.17, 15) is 18.8 Å². The van der Waals surface area contributed by atoms with Gasteiger partial charge in [-0.1, -0.05) is 0 Å². The molecule has 0 atom stereocenters. The zero-order valence-electron chi connectivity index (χ0n) is 15.9. The molecule has 2 amide bonds. The van der Waals surface area contributed by atoms with Crippen molar-refractivity contribution in [3.63, 3.8) is 0 Å². The van der Waals surface area contributed by atoms with Crippen LogP contribution in [-0.4, -0.2) is 63.1 Å². The van der Waals surface area contributed by atoms with Gasteiger partial charge in [0.25, 0.3) is 5.91 Å². The quantitative estimate of drug-likeness (QED) is 0.576. The van der Waals surface area contributed by atoms with E-state index in [1.165, 1.54) is 54.5 Å². The number of carbonyl (C=O) groups is 3. The van der Waals surface area contributed by atoms with E-state index in [-0.39, 0.29) is 12.1 Å². The SMILES string of the molecule is CN(CC(=O)Nc1ccc(F)cc1)C(=O)COC(=O)c1ccc(-n2cnnn2)cc1. The number of tetrazole rings is 1. The van der Waals surface area contributed by atoms with E-state index in [0.29, 0.717) is 11.4 Å². The van der Waals surface area contributed by atoms with Gasteiger partial charge in [-0.3, -0.25) is 9.59 Å². The normalized spacial score (nSPS) is 10.3. The lowest BCUT2D eigenvalue weighted by Crippen LogP contribution is -2.37. The number of amides is 2. The molecule has 0 unspecified atom stereocenters. The standard InChI is InChI=1S/C19H17FN6O4/c1-25(10-17(27)22-15-6-4-14(20)5-7-15)18(28)11-30-19(29)13-2-8-16(9-3-13)26-12-21-23-24-26/h2-9,12H,10-11H2,1H3,(H,22,27). The van der Waals surface area contributed by atoms with Gasteiger partial charge >= 0.3 is 5.97 Å². The predicted octanol–water partition coefficient (Wildman–Crippen LogP) is 1.06. The number of aromatic nitrogens is 4. The average Bonchev–Trinajstić information content (AvgIpc) is 3.28. The van der Waals surface area contributed by atoms with Gasteiger partial charge in [-0.15, -0.1) is 5.10 Å². The fraction of sp³-hybridized carbons (Fsp3) is 0.158. The van der Waals surface area contributed by atoms with E-state index in [1.54, 1.807) is 12.1 Å². The summed E-state index contributed by atoms with van der Waals surface area (Å²) >= 11 is 0. The number of nitrogens with zero attached hydrogens (tertiary/aromatic N) is 5. The topological polar surface area (TPSA) is 119 Å². The molecule has 0 aliphatic heterocycles. The highest BCUT2D eigenvalue weighted by atomic mass is 19.1. The molecule has 154 valence electrons. The number of ether oxygens (including phenoxy) is 1. The molecule has 11 heteroatoms. The molecule has 0 saturated carbocycles. The molecule has 3 rings (SSSR count). The number of anilines is 1. The molecule has 2 aromatic carbocycles. The number of carbonyl (C=O) groups excluding carboxylic acids is 3. The fourth-order valence-electron chi connectivity index (χ4n) is 2.39. The van der Waals surface area contributed by atoms with E-state index in [4.69, 9.17) is 4.74 Å². The van der Waals surface area contributed by atoms with Crippen molar-refractivity contribution in [1.29, 1.82) is 0 Å². The number of likely N-dealkylation sites (N-methyl/N-ethyl adjacent to an activating group) is 1. The Morgan fingerprint density at radius 1 is 1.10 bits per heavy atom. The minimum Gasteiger partial charge on any atom is -0.452 e. The van der Waals surface area contributed by atoms with Crippen molar-refractivity contribution in [1.82, 2.24) is 25.1 Å². The lowest BCUT2D eigenvalue weighted by Gasteiger charge is -2.16. The summed E-state index contributed by atoms with van der Waals surface area (Å²) in [4.78, 5) is 37.3. The van der Waals surface area contributed by atoms with Crippen LogP contribution in [0.3, 0.4) is 0 Å². The van der Waals surface area contributed by atoms with Gasteiger partial charge in [0.1, 0.15) is 12.1 Å². The third-order valence-electron chi connectivity index (χ3n) is 3.98. The smallest absolute Gasteiger partial charge is 0.338 e. The minimum absolute atomic E-state index is 0.247. The van der Waals surface area contributed by atoms with Crippen LogP contribution < -0.4 is 5.32 Å². The maximum Gasteiger partial charge on any atom is 0.338 e. The van der Waals surface area contributed by atoms with Crippen molar-refractivity contribution >= 4 is 23.5 Å². The number of halogens is 1. The van der Waals surface area contributed by atoms with Crippen LogP contribution in [0.15, 0.2) is 54.9 Å². The Morgan fingerprint density at radius 2 is 1.80 bits per heavy atom. The minimum atomic E-state index is -0.684. The zero-order chi connectivity index (χ0) is 21.5. The van der Waals surface area contributed by atoms with Crippen molar-refractivity contribution in [2.24, 2.45) is 0 Å². The molecule has 0 saturated heterocycles. The summed E-state index contributed by atoms with van der Waals surface area (Å²) in [6.45, 7) is -0.775. The molecule has 3 aromatic rings. The van der Waals surface area contributed by atoms with E-state index < -0.39 is 30.2 Å². The molecule has 1 N–H and O–H groups in total. The van der Waals surface area contributed by atoms with Crippen molar-refractivity contribution in [2.45, 2.75) is 0 Å². The van der Waals surface area contributed by atoms with Crippen LogP contribution in [0.1, 0.15) is 10.4 Å². The van der Waals surface area contributed by atoms with Gasteiger partial charge in [0.2, 0.25) is 5.91 Å². The Bertz CT molecular complexity index is 1020. The fourth-order valence-corrected chi connectivity index (χ4v) is 2.39. The third-order valence-corrected chi connectivity index (χ3v) is 3.98. The second kappa shape index (κ2) is 9.37. The van der Waals surface area contributed by atoms with Crippen LogP contribution in [-0.2, 0) is 14.3 Å². The van der Waals surface area contributed by atoms with Gasteiger partial charge in [0.05, 0.1) is 17.8 Å². The summed E-state index contributed by atoms with van der Waals surface area (Å²) in [5.41, 5.74) is 1.30. The van der Waals surface area contributed by atoms with Crippen LogP contribution in [0, 0.1) is 5.82 Å². The van der Waals surface area contributed by atoms with E-state index in [2.05, 4.69) is 20.8 Å². The van der Waals surface area contributed by atoms with Crippen molar-refractivity contribution in [2.75, 3.05) is 25.5 Å².